The van der Waals surface area contributed by atoms with Crippen molar-refractivity contribution < 1.29 is 13.9 Å². The van der Waals surface area contributed by atoms with Gasteiger partial charge in [0.05, 0.1) is 11.6 Å². The Kier molecular flexibility index (Phi) is 6.08. The van der Waals surface area contributed by atoms with Crippen molar-refractivity contribution in [3.05, 3.63) is 64.1 Å². The number of benzene rings is 2. The van der Waals surface area contributed by atoms with Crippen molar-refractivity contribution in [2.45, 2.75) is 51.1 Å². The lowest BCUT2D eigenvalue weighted by Crippen LogP contribution is -2.45. The first-order valence-corrected chi connectivity index (χ1v) is 13.3. The van der Waals surface area contributed by atoms with Gasteiger partial charge in [0.25, 0.3) is 0 Å². The fourth-order valence-electron chi connectivity index (χ4n) is 2.97. The van der Waals surface area contributed by atoms with Crippen LogP contribution in [-0.2, 0) is 4.43 Å². The maximum absolute atomic E-state index is 6.87. The molecule has 0 saturated carbocycles. The molecule has 0 fully saturated rings. The zero-order valence-corrected chi connectivity index (χ0v) is 20.0. The third-order valence-electron chi connectivity index (χ3n) is 5.70. The minimum atomic E-state index is -2.00. The summed E-state index contributed by atoms with van der Waals surface area (Å²) in [5, 5.41) is 0.115. The summed E-state index contributed by atoms with van der Waals surface area (Å²) in [7, 11) is -0.342. The molecule has 1 aliphatic carbocycles. The van der Waals surface area contributed by atoms with E-state index < -0.39 is 8.32 Å². The number of hydrogen-bond donors (Lipinski definition) is 0. The molecule has 0 aliphatic heterocycles. The lowest BCUT2D eigenvalue weighted by molar-refractivity contribution is 0.0698. The molecule has 3 nitrogen and oxygen atoms in total. The average molecular weight is 461 g/mol. The standard InChI is InChI=1S/C23H29BrO3Si/c1-23(2,3)28(5,6)27-22-18-10-8-7-9-16(18)11-14-20(22)26-21-15-17(25-4)12-13-19(21)24/h7-15,20,22H,1-6H3/t20-,22-/m1/s1. The molecule has 0 aromatic heterocycles. The van der Waals surface area contributed by atoms with Crippen LogP contribution in [0.1, 0.15) is 38.0 Å². The van der Waals surface area contributed by atoms with Gasteiger partial charge in [-0.2, -0.15) is 0 Å². The van der Waals surface area contributed by atoms with E-state index in [2.05, 4.69) is 86.2 Å². The fourth-order valence-corrected chi connectivity index (χ4v) is 4.56. The van der Waals surface area contributed by atoms with Gasteiger partial charge in [-0.1, -0.05) is 51.1 Å². The van der Waals surface area contributed by atoms with E-state index in [-0.39, 0.29) is 17.2 Å². The quantitative estimate of drug-likeness (QED) is 0.449. The molecule has 2 atom stereocenters. The van der Waals surface area contributed by atoms with E-state index in [1.54, 1.807) is 7.11 Å². The number of hydrogen-bond acceptors (Lipinski definition) is 3. The van der Waals surface area contributed by atoms with Crippen molar-refractivity contribution in [2.24, 2.45) is 0 Å². The molecular formula is C23H29BrO3Si. The highest BCUT2D eigenvalue weighted by Crippen LogP contribution is 2.43. The molecule has 0 unspecified atom stereocenters. The number of halogens is 1. The fraction of sp³-hybridized carbons (Fsp3) is 0.391. The van der Waals surface area contributed by atoms with Gasteiger partial charge in [-0.3, -0.25) is 0 Å². The van der Waals surface area contributed by atoms with Gasteiger partial charge >= 0.3 is 0 Å². The van der Waals surface area contributed by atoms with Crippen LogP contribution >= 0.6 is 15.9 Å². The predicted molar refractivity (Wildman–Crippen MR) is 122 cm³/mol. The molecule has 0 N–H and O–H groups in total. The summed E-state index contributed by atoms with van der Waals surface area (Å²) >= 11 is 3.59. The summed E-state index contributed by atoms with van der Waals surface area (Å²) in [5.74, 6) is 1.51. The second kappa shape index (κ2) is 8.05. The van der Waals surface area contributed by atoms with Crippen molar-refractivity contribution in [1.82, 2.24) is 0 Å². The largest absolute Gasteiger partial charge is 0.497 e. The molecule has 2 aromatic carbocycles. The Morgan fingerprint density at radius 1 is 1.04 bits per heavy atom. The highest BCUT2D eigenvalue weighted by atomic mass is 79.9. The summed E-state index contributed by atoms with van der Waals surface area (Å²) in [6, 6.07) is 14.2. The number of methoxy groups -OCH3 is 1. The van der Waals surface area contributed by atoms with Crippen molar-refractivity contribution in [2.75, 3.05) is 7.11 Å². The molecule has 0 amide bonds. The van der Waals surface area contributed by atoms with E-state index in [4.69, 9.17) is 13.9 Å². The van der Waals surface area contributed by atoms with Crippen molar-refractivity contribution in [3.63, 3.8) is 0 Å². The minimum Gasteiger partial charge on any atom is -0.497 e. The van der Waals surface area contributed by atoms with Crippen LogP contribution in [0.5, 0.6) is 11.5 Å². The first-order valence-electron chi connectivity index (χ1n) is 9.57. The summed E-state index contributed by atoms with van der Waals surface area (Å²) in [6.07, 6.45) is 3.86. The van der Waals surface area contributed by atoms with E-state index in [1.807, 2.05) is 18.2 Å². The SMILES string of the molecule is COc1ccc(Br)c(O[C@@H]2C=Cc3ccccc3[C@H]2O[Si](C)(C)C(C)(C)C)c1. The van der Waals surface area contributed by atoms with Crippen molar-refractivity contribution in [3.8, 4) is 11.5 Å². The summed E-state index contributed by atoms with van der Waals surface area (Å²) in [4.78, 5) is 0. The average Bonchev–Trinajstić information content (AvgIpc) is 2.64. The zero-order chi connectivity index (χ0) is 20.5. The second-order valence-corrected chi connectivity index (χ2v) is 14.3. The van der Waals surface area contributed by atoms with Gasteiger partial charge in [-0.15, -0.1) is 0 Å². The van der Waals surface area contributed by atoms with E-state index in [0.717, 1.165) is 16.0 Å². The second-order valence-electron chi connectivity index (χ2n) is 8.67. The topological polar surface area (TPSA) is 27.7 Å². The monoisotopic (exact) mass is 460 g/mol. The highest BCUT2D eigenvalue weighted by molar-refractivity contribution is 9.10. The number of rotatable bonds is 5. The van der Waals surface area contributed by atoms with Gasteiger partial charge in [0.15, 0.2) is 8.32 Å². The molecule has 3 rings (SSSR count). The zero-order valence-electron chi connectivity index (χ0n) is 17.5. The number of ether oxygens (including phenoxy) is 2. The number of fused-ring (bicyclic) bond motifs is 1. The van der Waals surface area contributed by atoms with Crippen LogP contribution in [0.25, 0.3) is 6.08 Å². The Balaban J connectivity index is 1.97. The Labute approximate surface area is 178 Å². The smallest absolute Gasteiger partial charge is 0.193 e. The van der Waals surface area contributed by atoms with Crippen LogP contribution in [0.3, 0.4) is 0 Å². The van der Waals surface area contributed by atoms with Crippen LogP contribution in [0.4, 0.5) is 0 Å². The van der Waals surface area contributed by atoms with Crippen LogP contribution in [-0.4, -0.2) is 21.5 Å². The van der Waals surface area contributed by atoms with Gasteiger partial charge in [0.2, 0.25) is 0 Å². The Morgan fingerprint density at radius 2 is 1.75 bits per heavy atom. The first-order chi connectivity index (χ1) is 13.1. The van der Waals surface area contributed by atoms with Gasteiger partial charge in [0.1, 0.15) is 23.7 Å². The molecule has 0 heterocycles. The van der Waals surface area contributed by atoms with Gasteiger partial charge < -0.3 is 13.9 Å². The maximum Gasteiger partial charge on any atom is 0.193 e. The highest BCUT2D eigenvalue weighted by Gasteiger charge is 2.42. The molecule has 28 heavy (non-hydrogen) atoms. The van der Waals surface area contributed by atoms with E-state index in [1.165, 1.54) is 11.1 Å². The Morgan fingerprint density at radius 3 is 2.43 bits per heavy atom. The Hall–Kier alpha value is -1.56. The van der Waals surface area contributed by atoms with Crippen molar-refractivity contribution in [1.29, 1.82) is 0 Å². The lowest BCUT2D eigenvalue weighted by atomic mass is 9.93. The molecule has 0 spiro atoms. The van der Waals surface area contributed by atoms with Gasteiger partial charge in [0, 0.05) is 6.07 Å². The Bertz CT molecular complexity index is 870. The van der Waals surface area contributed by atoms with Crippen LogP contribution in [0, 0.1) is 0 Å². The van der Waals surface area contributed by atoms with E-state index in [0.29, 0.717) is 0 Å². The van der Waals surface area contributed by atoms with Gasteiger partial charge in [-0.25, -0.2) is 0 Å². The molecule has 150 valence electrons. The normalized spacial score (nSPS) is 19.2. The molecular weight excluding hydrogens is 432 g/mol. The maximum atomic E-state index is 6.87. The van der Waals surface area contributed by atoms with Crippen LogP contribution < -0.4 is 9.47 Å². The molecule has 0 saturated heterocycles. The van der Waals surface area contributed by atoms with Crippen LogP contribution in [0.2, 0.25) is 18.1 Å². The van der Waals surface area contributed by atoms with E-state index in [9.17, 15) is 0 Å². The van der Waals surface area contributed by atoms with Crippen molar-refractivity contribution >= 4 is 30.3 Å². The summed E-state index contributed by atoms with van der Waals surface area (Å²) < 4.78 is 19.6. The molecule has 5 heteroatoms. The van der Waals surface area contributed by atoms with Gasteiger partial charge in [-0.05, 0) is 63.4 Å². The first kappa shape index (κ1) is 21.2. The molecule has 1 aliphatic rings. The molecule has 0 radical (unpaired) electrons. The predicted octanol–water partition coefficient (Wildman–Crippen LogP) is 7.00. The van der Waals surface area contributed by atoms with E-state index >= 15 is 0 Å². The third-order valence-corrected chi connectivity index (χ3v) is 10.8. The summed E-state index contributed by atoms with van der Waals surface area (Å²) in [5.41, 5.74) is 2.37. The summed E-state index contributed by atoms with van der Waals surface area (Å²) in [6.45, 7) is 11.4. The third kappa shape index (κ3) is 4.37. The minimum absolute atomic E-state index is 0.115. The lowest BCUT2D eigenvalue weighted by Gasteiger charge is -2.42. The molecule has 0 bridgehead atoms. The molecule has 2 aromatic rings. The van der Waals surface area contributed by atoms with Crippen LogP contribution in [0.15, 0.2) is 53.0 Å².